The fourth-order valence-corrected chi connectivity index (χ4v) is 1.10. The zero-order valence-electron chi connectivity index (χ0n) is 9.40. The van der Waals surface area contributed by atoms with E-state index in [0.717, 1.165) is 0 Å². The summed E-state index contributed by atoms with van der Waals surface area (Å²) in [6.45, 7) is 4.52. The van der Waals surface area contributed by atoms with Crippen LogP contribution in [-0.4, -0.2) is 19.3 Å². The molecule has 1 rings (SSSR count). The Morgan fingerprint density at radius 3 is 2.31 bits per heavy atom. The van der Waals surface area contributed by atoms with E-state index in [2.05, 4.69) is 0 Å². The van der Waals surface area contributed by atoms with Crippen LogP contribution in [0.3, 0.4) is 0 Å². The van der Waals surface area contributed by atoms with Gasteiger partial charge in [0.25, 0.3) is 0 Å². The molecule has 1 aromatic carbocycles. The molecule has 5 heteroatoms. The molecule has 0 aliphatic carbocycles. The van der Waals surface area contributed by atoms with Crippen molar-refractivity contribution >= 4 is 12.4 Å². The number of nitrogens with two attached hydrogens (primary N) is 1. The van der Waals surface area contributed by atoms with E-state index in [1.165, 1.54) is 12.1 Å². The monoisotopic (exact) mass is 249 g/mol. The maximum atomic E-state index is 13.1. The molecule has 1 unspecified atom stereocenters. The maximum Gasteiger partial charge on any atom is 0.130 e. The van der Waals surface area contributed by atoms with Crippen molar-refractivity contribution in [3.63, 3.8) is 0 Å². The first kappa shape index (κ1) is 15.0. The SMILES string of the molecule is CCOc1cc(F)cc(OCC(C)N)c1.Cl. The molecule has 0 spiro atoms. The highest BCUT2D eigenvalue weighted by molar-refractivity contribution is 5.85. The van der Waals surface area contributed by atoms with Crippen LogP contribution in [0.25, 0.3) is 0 Å². The van der Waals surface area contributed by atoms with E-state index < -0.39 is 0 Å². The molecular formula is C11H17ClFNO2. The topological polar surface area (TPSA) is 44.5 Å². The quantitative estimate of drug-likeness (QED) is 0.871. The number of ether oxygens (including phenoxy) is 2. The fraction of sp³-hybridized carbons (Fsp3) is 0.455. The Labute approximate surface area is 101 Å². The van der Waals surface area contributed by atoms with E-state index in [0.29, 0.717) is 24.7 Å². The highest BCUT2D eigenvalue weighted by atomic mass is 35.5. The Hall–Kier alpha value is -1.00. The van der Waals surface area contributed by atoms with Gasteiger partial charge in [0.15, 0.2) is 0 Å². The second kappa shape index (κ2) is 7.30. The van der Waals surface area contributed by atoms with Crippen molar-refractivity contribution in [3.8, 4) is 11.5 Å². The lowest BCUT2D eigenvalue weighted by Crippen LogP contribution is -2.23. The molecule has 0 bridgehead atoms. The van der Waals surface area contributed by atoms with E-state index in [1.807, 2.05) is 13.8 Å². The van der Waals surface area contributed by atoms with Gasteiger partial charge in [0, 0.05) is 24.2 Å². The zero-order valence-corrected chi connectivity index (χ0v) is 10.2. The van der Waals surface area contributed by atoms with Gasteiger partial charge < -0.3 is 15.2 Å². The minimum atomic E-state index is -0.374. The molecule has 3 nitrogen and oxygen atoms in total. The van der Waals surface area contributed by atoms with Crippen molar-refractivity contribution < 1.29 is 13.9 Å². The van der Waals surface area contributed by atoms with Gasteiger partial charge in [-0.05, 0) is 13.8 Å². The summed E-state index contributed by atoms with van der Waals surface area (Å²) in [6, 6.07) is 4.20. The first-order chi connectivity index (χ1) is 7.11. The van der Waals surface area contributed by atoms with Gasteiger partial charge in [0.1, 0.15) is 23.9 Å². The summed E-state index contributed by atoms with van der Waals surface area (Å²) in [5, 5.41) is 0. The van der Waals surface area contributed by atoms with Crippen molar-refractivity contribution in [1.29, 1.82) is 0 Å². The van der Waals surface area contributed by atoms with Gasteiger partial charge in [-0.3, -0.25) is 0 Å². The van der Waals surface area contributed by atoms with E-state index in [-0.39, 0.29) is 24.3 Å². The predicted octanol–water partition coefficient (Wildman–Crippen LogP) is 2.37. The van der Waals surface area contributed by atoms with Crippen LogP contribution in [0, 0.1) is 5.82 Å². The third-order valence-electron chi connectivity index (χ3n) is 1.67. The van der Waals surface area contributed by atoms with E-state index >= 15 is 0 Å². The Morgan fingerprint density at radius 1 is 1.25 bits per heavy atom. The van der Waals surface area contributed by atoms with Crippen LogP contribution in [0.5, 0.6) is 11.5 Å². The van der Waals surface area contributed by atoms with Crippen molar-refractivity contribution in [2.24, 2.45) is 5.73 Å². The zero-order chi connectivity index (χ0) is 11.3. The maximum absolute atomic E-state index is 13.1. The van der Waals surface area contributed by atoms with Gasteiger partial charge in [0.05, 0.1) is 6.61 Å². The van der Waals surface area contributed by atoms with Crippen LogP contribution in [0.15, 0.2) is 18.2 Å². The van der Waals surface area contributed by atoms with Crippen LogP contribution in [0.1, 0.15) is 13.8 Å². The lowest BCUT2D eigenvalue weighted by Gasteiger charge is -2.10. The summed E-state index contributed by atoms with van der Waals surface area (Å²) < 4.78 is 23.6. The standard InChI is InChI=1S/C11H16FNO2.ClH/c1-3-14-10-4-9(12)5-11(6-10)15-7-8(2)13;/h4-6,8H,3,7,13H2,1-2H3;1H. The molecule has 2 N–H and O–H groups in total. The second-order valence-corrected chi connectivity index (χ2v) is 3.34. The number of hydrogen-bond acceptors (Lipinski definition) is 3. The van der Waals surface area contributed by atoms with E-state index in [1.54, 1.807) is 6.07 Å². The Morgan fingerprint density at radius 2 is 1.81 bits per heavy atom. The number of rotatable bonds is 5. The summed E-state index contributed by atoms with van der Waals surface area (Å²) in [5.74, 6) is 0.536. The second-order valence-electron chi connectivity index (χ2n) is 3.34. The van der Waals surface area contributed by atoms with E-state index in [9.17, 15) is 4.39 Å². The molecule has 0 aliphatic rings. The molecule has 1 aromatic rings. The molecule has 0 fully saturated rings. The summed E-state index contributed by atoms with van der Waals surface area (Å²) in [6.07, 6.45) is 0. The van der Waals surface area contributed by atoms with E-state index in [4.69, 9.17) is 15.2 Å². The first-order valence-corrected chi connectivity index (χ1v) is 4.93. The average molecular weight is 250 g/mol. The van der Waals surface area contributed by atoms with Crippen molar-refractivity contribution in [1.82, 2.24) is 0 Å². The summed E-state index contributed by atoms with van der Waals surface area (Å²) in [5.41, 5.74) is 5.53. The highest BCUT2D eigenvalue weighted by Gasteiger charge is 2.03. The summed E-state index contributed by atoms with van der Waals surface area (Å²) >= 11 is 0. The smallest absolute Gasteiger partial charge is 0.130 e. The minimum Gasteiger partial charge on any atom is -0.494 e. The molecule has 0 saturated heterocycles. The van der Waals surface area contributed by atoms with Crippen molar-refractivity contribution in [2.45, 2.75) is 19.9 Å². The molecular weight excluding hydrogens is 233 g/mol. The molecule has 0 aliphatic heterocycles. The molecule has 0 aromatic heterocycles. The largest absolute Gasteiger partial charge is 0.494 e. The molecule has 16 heavy (non-hydrogen) atoms. The molecule has 0 heterocycles. The van der Waals surface area contributed by atoms with Crippen LogP contribution in [0.2, 0.25) is 0 Å². The molecule has 92 valence electrons. The summed E-state index contributed by atoms with van der Waals surface area (Å²) in [7, 11) is 0. The molecule has 0 amide bonds. The number of halogens is 2. The van der Waals surface area contributed by atoms with Gasteiger partial charge in [-0.25, -0.2) is 4.39 Å². The van der Waals surface area contributed by atoms with Crippen LogP contribution >= 0.6 is 12.4 Å². The van der Waals surface area contributed by atoms with Gasteiger partial charge in [-0.2, -0.15) is 0 Å². The lowest BCUT2D eigenvalue weighted by molar-refractivity contribution is 0.289. The molecule has 0 radical (unpaired) electrons. The number of benzene rings is 1. The molecule has 1 atom stereocenters. The predicted molar refractivity (Wildman–Crippen MR) is 64.0 cm³/mol. The van der Waals surface area contributed by atoms with Crippen LogP contribution in [-0.2, 0) is 0 Å². The Balaban J connectivity index is 0.00000225. The number of hydrogen-bond donors (Lipinski definition) is 1. The average Bonchev–Trinajstić information content (AvgIpc) is 2.14. The van der Waals surface area contributed by atoms with Crippen molar-refractivity contribution in [3.05, 3.63) is 24.0 Å². The third-order valence-corrected chi connectivity index (χ3v) is 1.67. The van der Waals surface area contributed by atoms with Crippen LogP contribution in [0.4, 0.5) is 4.39 Å². The highest BCUT2D eigenvalue weighted by Crippen LogP contribution is 2.22. The fourth-order valence-electron chi connectivity index (χ4n) is 1.10. The first-order valence-electron chi connectivity index (χ1n) is 4.93. The lowest BCUT2D eigenvalue weighted by atomic mass is 10.3. The summed E-state index contributed by atoms with van der Waals surface area (Å²) in [4.78, 5) is 0. The van der Waals surface area contributed by atoms with Crippen molar-refractivity contribution in [2.75, 3.05) is 13.2 Å². The molecule has 0 saturated carbocycles. The third kappa shape index (κ3) is 5.19. The Bertz CT molecular complexity index is 321. The van der Waals surface area contributed by atoms with Gasteiger partial charge >= 0.3 is 0 Å². The Kier molecular flexibility index (Phi) is 6.85. The normalized spacial score (nSPS) is 11.5. The van der Waals surface area contributed by atoms with Gasteiger partial charge in [-0.1, -0.05) is 0 Å². The van der Waals surface area contributed by atoms with Crippen LogP contribution < -0.4 is 15.2 Å². The van der Waals surface area contributed by atoms with Gasteiger partial charge in [-0.15, -0.1) is 12.4 Å². The minimum absolute atomic E-state index is 0. The van der Waals surface area contributed by atoms with Gasteiger partial charge in [0.2, 0.25) is 0 Å².